The molecule has 1 heterocycles. The molecule has 6 nitrogen and oxygen atoms in total. The zero-order valence-electron chi connectivity index (χ0n) is 12.6. The Morgan fingerprint density at radius 3 is 2.33 bits per heavy atom. The summed E-state index contributed by atoms with van der Waals surface area (Å²) in [6.07, 6.45) is 0. The van der Waals surface area contributed by atoms with Crippen LogP contribution in [0.4, 0.5) is 11.4 Å². The van der Waals surface area contributed by atoms with Gasteiger partial charge in [0.05, 0.1) is 11.4 Å². The molecule has 0 saturated heterocycles. The van der Waals surface area contributed by atoms with Crippen LogP contribution in [0, 0.1) is 0 Å². The second kappa shape index (κ2) is 6.29. The Hall–Kier alpha value is -3.54. The summed E-state index contributed by atoms with van der Waals surface area (Å²) in [6.45, 7) is 0. The molecule has 2 aliphatic rings. The molecule has 0 atom stereocenters. The number of nitrogens with zero attached hydrogens (tertiary/aromatic N) is 1. The van der Waals surface area contributed by atoms with Crippen LogP contribution in [0.2, 0.25) is 0 Å². The number of hydrogen-bond donors (Lipinski definition) is 3. The van der Waals surface area contributed by atoms with E-state index in [1.807, 2.05) is 24.3 Å². The minimum atomic E-state index is -0.242. The molecule has 0 spiro atoms. The van der Waals surface area contributed by atoms with Gasteiger partial charge in [-0.3, -0.25) is 4.79 Å². The highest BCUT2D eigenvalue weighted by Gasteiger charge is 2.10. The Balaban J connectivity index is 0.000000179. The lowest BCUT2D eigenvalue weighted by molar-refractivity contribution is 0.478. The van der Waals surface area contributed by atoms with E-state index in [-0.39, 0.29) is 16.9 Å². The molecule has 0 fully saturated rings. The van der Waals surface area contributed by atoms with Gasteiger partial charge < -0.3 is 21.0 Å². The summed E-state index contributed by atoms with van der Waals surface area (Å²) in [7, 11) is 0. The number of anilines is 2. The molecule has 0 saturated carbocycles. The molecule has 0 unspecified atom stereocenters. The van der Waals surface area contributed by atoms with Crippen LogP contribution in [0.5, 0.6) is 5.75 Å². The number of phenols is 1. The van der Waals surface area contributed by atoms with E-state index < -0.39 is 0 Å². The number of rotatable bonds is 0. The SMILES string of the molecule is Nc1cc2nc3ccccc3oc-2cc1=O.Nc1ccccc1O. The number of fused-ring (bicyclic) bond motifs is 2. The highest BCUT2D eigenvalue weighted by Crippen LogP contribution is 2.24. The molecule has 6 heteroatoms. The van der Waals surface area contributed by atoms with Crippen LogP contribution in [0.15, 0.2) is 69.9 Å². The third-order valence-electron chi connectivity index (χ3n) is 3.35. The number of aromatic nitrogens is 1. The average Bonchev–Trinajstić information content (AvgIpc) is 2.58. The van der Waals surface area contributed by atoms with Gasteiger partial charge >= 0.3 is 0 Å². The molecule has 24 heavy (non-hydrogen) atoms. The summed E-state index contributed by atoms with van der Waals surface area (Å²) in [5.41, 5.74) is 13.2. The van der Waals surface area contributed by atoms with Gasteiger partial charge in [-0.05, 0) is 30.3 Å². The average molecular weight is 321 g/mol. The zero-order valence-corrected chi connectivity index (χ0v) is 12.6. The molecule has 0 bridgehead atoms. The van der Waals surface area contributed by atoms with Crippen LogP contribution in [0.25, 0.3) is 22.6 Å². The van der Waals surface area contributed by atoms with E-state index in [9.17, 15) is 4.79 Å². The second-order valence-corrected chi connectivity index (χ2v) is 5.10. The summed E-state index contributed by atoms with van der Waals surface area (Å²) in [5.74, 6) is 0.602. The molecule has 0 amide bonds. The Morgan fingerprint density at radius 1 is 0.917 bits per heavy atom. The lowest BCUT2D eigenvalue weighted by Gasteiger charge is -2.05. The number of nitrogens with two attached hydrogens (primary N) is 2. The third kappa shape index (κ3) is 3.12. The van der Waals surface area contributed by atoms with Crippen molar-refractivity contribution < 1.29 is 9.52 Å². The minimum absolute atomic E-state index is 0.146. The second-order valence-electron chi connectivity index (χ2n) is 5.10. The molecule has 2 aromatic rings. The van der Waals surface area contributed by atoms with Crippen molar-refractivity contribution in [1.82, 2.24) is 4.98 Å². The van der Waals surface area contributed by atoms with E-state index in [0.717, 1.165) is 5.52 Å². The molecule has 120 valence electrons. The van der Waals surface area contributed by atoms with Crippen molar-refractivity contribution in [3.8, 4) is 17.2 Å². The van der Waals surface area contributed by atoms with E-state index in [2.05, 4.69) is 4.98 Å². The maximum Gasteiger partial charge on any atom is 0.205 e. The smallest absolute Gasteiger partial charge is 0.205 e. The number of benzene rings is 3. The molecule has 1 aliphatic carbocycles. The van der Waals surface area contributed by atoms with Gasteiger partial charge in [-0.1, -0.05) is 24.3 Å². The van der Waals surface area contributed by atoms with Crippen LogP contribution < -0.4 is 16.9 Å². The largest absolute Gasteiger partial charge is 0.506 e. The minimum Gasteiger partial charge on any atom is -0.506 e. The molecule has 0 radical (unpaired) electrons. The van der Waals surface area contributed by atoms with Crippen molar-refractivity contribution in [2.24, 2.45) is 0 Å². The van der Waals surface area contributed by atoms with Crippen molar-refractivity contribution in [1.29, 1.82) is 0 Å². The monoisotopic (exact) mass is 321 g/mol. The van der Waals surface area contributed by atoms with Gasteiger partial charge in [0.2, 0.25) is 5.43 Å². The lowest BCUT2D eigenvalue weighted by Crippen LogP contribution is -2.08. The summed E-state index contributed by atoms with van der Waals surface area (Å²) < 4.78 is 5.56. The van der Waals surface area contributed by atoms with Crippen molar-refractivity contribution >= 4 is 22.5 Å². The van der Waals surface area contributed by atoms with Gasteiger partial charge in [-0.15, -0.1) is 0 Å². The predicted molar refractivity (Wildman–Crippen MR) is 93.8 cm³/mol. The maximum atomic E-state index is 11.4. The number of phenolic OH excluding ortho intramolecular Hbond substituents is 1. The number of para-hydroxylation sites is 4. The van der Waals surface area contributed by atoms with E-state index >= 15 is 0 Å². The van der Waals surface area contributed by atoms with Crippen LogP contribution >= 0.6 is 0 Å². The molecular weight excluding hydrogens is 306 g/mol. The molecule has 4 rings (SSSR count). The summed E-state index contributed by atoms with van der Waals surface area (Å²) >= 11 is 0. The Bertz CT molecular complexity index is 1010. The molecule has 5 N–H and O–H groups in total. The quantitative estimate of drug-likeness (QED) is 0.260. The van der Waals surface area contributed by atoms with Gasteiger partial charge in [-0.25, -0.2) is 4.98 Å². The summed E-state index contributed by atoms with van der Waals surface area (Å²) in [5, 5.41) is 8.79. The summed E-state index contributed by atoms with van der Waals surface area (Å²) in [4.78, 5) is 15.7. The normalized spacial score (nSPS) is 10.3. The van der Waals surface area contributed by atoms with E-state index in [0.29, 0.717) is 22.7 Å². The Kier molecular flexibility index (Phi) is 4.03. The zero-order chi connectivity index (χ0) is 17.1. The van der Waals surface area contributed by atoms with Gasteiger partial charge in [0.25, 0.3) is 0 Å². The van der Waals surface area contributed by atoms with Gasteiger partial charge in [0, 0.05) is 6.07 Å². The molecule has 2 aromatic carbocycles. The number of aromatic hydroxyl groups is 1. The highest BCUT2D eigenvalue weighted by molar-refractivity contribution is 5.76. The molecule has 0 aromatic heterocycles. The fraction of sp³-hybridized carbons (Fsp3) is 0. The molecule has 1 aliphatic heterocycles. The Labute approximate surface area is 137 Å². The Morgan fingerprint density at radius 2 is 1.62 bits per heavy atom. The standard InChI is InChI=1S/C12H8N2O2.C6H7NO/c13-7-5-9-12(6-10(7)15)16-11-4-2-1-3-8(11)14-9;7-5-3-1-2-4-6(5)8/h1-6H,13H2;1-4,8H,7H2. The van der Waals surface area contributed by atoms with Crippen molar-refractivity contribution in [3.63, 3.8) is 0 Å². The number of nitrogen functional groups attached to an aromatic ring is 2. The van der Waals surface area contributed by atoms with Gasteiger partial charge in [-0.2, -0.15) is 0 Å². The first-order valence-corrected chi connectivity index (χ1v) is 7.17. The molecular formula is C18H15N3O3. The first kappa shape index (κ1) is 15.4. The van der Waals surface area contributed by atoms with Crippen LogP contribution in [0.3, 0.4) is 0 Å². The van der Waals surface area contributed by atoms with E-state index in [4.69, 9.17) is 21.0 Å². The van der Waals surface area contributed by atoms with Crippen LogP contribution in [-0.4, -0.2) is 10.1 Å². The van der Waals surface area contributed by atoms with Gasteiger partial charge in [0.1, 0.15) is 17.0 Å². The fourth-order valence-electron chi connectivity index (χ4n) is 2.11. The third-order valence-corrected chi connectivity index (χ3v) is 3.35. The van der Waals surface area contributed by atoms with Crippen LogP contribution in [-0.2, 0) is 0 Å². The van der Waals surface area contributed by atoms with Crippen molar-refractivity contribution in [2.75, 3.05) is 11.5 Å². The van der Waals surface area contributed by atoms with E-state index in [1.165, 1.54) is 12.1 Å². The van der Waals surface area contributed by atoms with Crippen molar-refractivity contribution in [3.05, 3.63) is 70.9 Å². The van der Waals surface area contributed by atoms with Gasteiger partial charge in [0.15, 0.2) is 11.3 Å². The lowest BCUT2D eigenvalue weighted by atomic mass is 10.2. The highest BCUT2D eigenvalue weighted by atomic mass is 16.3. The fourth-order valence-corrected chi connectivity index (χ4v) is 2.11. The van der Waals surface area contributed by atoms with Crippen LogP contribution in [0.1, 0.15) is 0 Å². The van der Waals surface area contributed by atoms with E-state index in [1.54, 1.807) is 24.3 Å². The summed E-state index contributed by atoms with van der Waals surface area (Å²) in [6, 6.07) is 17.0. The topological polar surface area (TPSA) is 115 Å². The first-order chi connectivity index (χ1) is 11.5. The first-order valence-electron chi connectivity index (χ1n) is 7.17. The maximum absolute atomic E-state index is 11.4. The van der Waals surface area contributed by atoms with Crippen molar-refractivity contribution in [2.45, 2.75) is 0 Å². The number of hydrogen-bond acceptors (Lipinski definition) is 6. The predicted octanol–water partition coefficient (Wildman–Crippen LogP) is 2.85.